The number of amides is 1. The molecule has 0 aromatic heterocycles. The number of hydrogen-bond donors (Lipinski definition) is 1. The number of para-hydroxylation sites is 1. The molecule has 0 radical (unpaired) electrons. The van der Waals surface area contributed by atoms with Crippen LogP contribution in [-0.2, 0) is 14.8 Å². The summed E-state index contributed by atoms with van der Waals surface area (Å²) in [5.41, 5.74) is -0.578. The minimum Gasteiger partial charge on any atom is -0.320 e. The zero-order valence-electron chi connectivity index (χ0n) is 12.0. The Balaban J connectivity index is 2.07. The highest BCUT2D eigenvalue weighted by atomic mass is 32.2. The fourth-order valence-electron chi connectivity index (χ4n) is 2.37. The summed E-state index contributed by atoms with van der Waals surface area (Å²) in [6, 6.07) is 7.80. The number of halogens is 3. The van der Waals surface area contributed by atoms with Gasteiger partial charge in [0, 0.05) is 5.56 Å². The van der Waals surface area contributed by atoms with E-state index in [0.717, 1.165) is 34.6 Å². The van der Waals surface area contributed by atoms with Crippen molar-refractivity contribution in [3.8, 4) is 0 Å². The lowest BCUT2D eigenvalue weighted by atomic mass is 10.2. The fraction of sp³-hybridized carbons (Fsp3) is 0.133. The molecule has 0 saturated heterocycles. The van der Waals surface area contributed by atoms with Crippen molar-refractivity contribution in [3.63, 3.8) is 0 Å². The summed E-state index contributed by atoms with van der Waals surface area (Å²) in [6.45, 7) is -0.532. The van der Waals surface area contributed by atoms with Gasteiger partial charge in [-0.1, -0.05) is 18.2 Å². The van der Waals surface area contributed by atoms with Gasteiger partial charge >= 0.3 is 0 Å². The minimum atomic E-state index is -4.21. The van der Waals surface area contributed by atoms with E-state index in [9.17, 15) is 26.4 Å². The van der Waals surface area contributed by atoms with Crippen LogP contribution in [0.15, 0.2) is 47.4 Å². The van der Waals surface area contributed by atoms with E-state index in [-0.39, 0.29) is 21.8 Å². The number of anilines is 2. The van der Waals surface area contributed by atoms with Crippen molar-refractivity contribution in [2.45, 2.75) is 11.3 Å². The predicted octanol–water partition coefficient (Wildman–Crippen LogP) is 2.91. The first kappa shape index (κ1) is 16.3. The van der Waals surface area contributed by atoms with Gasteiger partial charge in [0.25, 0.3) is 16.4 Å². The third kappa shape index (κ3) is 2.71. The molecule has 0 atom stereocenters. The molecule has 0 saturated carbocycles. The third-order valence-corrected chi connectivity index (χ3v) is 5.31. The SMILES string of the molecule is O=C1CN(S(=O)(=O)c2ccc(C(F)F)cc2)c2cccc(F)c2N1. The van der Waals surface area contributed by atoms with Gasteiger partial charge in [0.2, 0.25) is 5.91 Å². The van der Waals surface area contributed by atoms with E-state index >= 15 is 0 Å². The zero-order chi connectivity index (χ0) is 17.5. The molecular weight excluding hydrogens is 345 g/mol. The van der Waals surface area contributed by atoms with Gasteiger partial charge in [-0.15, -0.1) is 0 Å². The predicted molar refractivity (Wildman–Crippen MR) is 81.0 cm³/mol. The molecule has 126 valence electrons. The Bertz CT molecular complexity index is 899. The van der Waals surface area contributed by atoms with Crippen LogP contribution >= 0.6 is 0 Å². The lowest BCUT2D eigenvalue weighted by Gasteiger charge is -2.30. The molecule has 1 aliphatic heterocycles. The lowest BCUT2D eigenvalue weighted by Crippen LogP contribution is -2.42. The van der Waals surface area contributed by atoms with Gasteiger partial charge in [-0.25, -0.2) is 21.6 Å². The van der Waals surface area contributed by atoms with E-state index in [4.69, 9.17) is 0 Å². The van der Waals surface area contributed by atoms with Crippen LogP contribution in [0.3, 0.4) is 0 Å². The molecule has 0 spiro atoms. The summed E-state index contributed by atoms with van der Waals surface area (Å²) in [5.74, 6) is -1.46. The van der Waals surface area contributed by atoms with Crippen LogP contribution < -0.4 is 9.62 Å². The summed E-state index contributed by atoms with van der Waals surface area (Å²) in [7, 11) is -4.21. The van der Waals surface area contributed by atoms with E-state index < -0.39 is 34.7 Å². The number of hydrogen-bond acceptors (Lipinski definition) is 3. The van der Waals surface area contributed by atoms with E-state index in [1.165, 1.54) is 12.1 Å². The maximum Gasteiger partial charge on any atom is 0.264 e. The van der Waals surface area contributed by atoms with Crippen LogP contribution in [-0.4, -0.2) is 20.9 Å². The van der Waals surface area contributed by atoms with Crippen molar-refractivity contribution in [1.82, 2.24) is 0 Å². The molecule has 0 aliphatic carbocycles. The molecule has 0 bridgehead atoms. The topological polar surface area (TPSA) is 66.5 Å². The number of rotatable bonds is 3. The highest BCUT2D eigenvalue weighted by molar-refractivity contribution is 7.92. The summed E-state index contributed by atoms with van der Waals surface area (Å²) in [4.78, 5) is 11.5. The number of carbonyl (C=O) groups is 1. The maximum absolute atomic E-state index is 13.8. The van der Waals surface area contributed by atoms with Crippen LogP contribution in [0.25, 0.3) is 0 Å². The van der Waals surface area contributed by atoms with Crippen LogP contribution in [0.4, 0.5) is 24.5 Å². The first-order valence-corrected chi connectivity index (χ1v) is 8.24. The number of sulfonamides is 1. The molecule has 0 fully saturated rings. The van der Waals surface area contributed by atoms with Crippen LogP contribution in [0.5, 0.6) is 0 Å². The summed E-state index contributed by atoms with van der Waals surface area (Å²) >= 11 is 0. The van der Waals surface area contributed by atoms with E-state index in [1.807, 2.05) is 0 Å². The first-order chi connectivity index (χ1) is 11.3. The second kappa shape index (κ2) is 5.82. The zero-order valence-corrected chi connectivity index (χ0v) is 12.9. The van der Waals surface area contributed by atoms with Gasteiger partial charge < -0.3 is 5.32 Å². The molecule has 0 unspecified atom stereocenters. The van der Waals surface area contributed by atoms with Crippen LogP contribution in [0.1, 0.15) is 12.0 Å². The van der Waals surface area contributed by atoms with E-state index in [1.54, 1.807) is 0 Å². The average Bonchev–Trinajstić information content (AvgIpc) is 2.55. The molecule has 1 amide bonds. The van der Waals surface area contributed by atoms with Crippen molar-refractivity contribution in [2.24, 2.45) is 0 Å². The Morgan fingerprint density at radius 1 is 1.08 bits per heavy atom. The highest BCUT2D eigenvalue weighted by Crippen LogP contribution is 2.35. The summed E-state index contributed by atoms with van der Waals surface area (Å²) in [5, 5.41) is 2.29. The standard InChI is InChI=1S/C15H11F3N2O3S/c16-11-2-1-3-12-14(11)19-13(21)8-20(12)24(22,23)10-6-4-9(5-7-10)15(17)18/h1-7,15H,8H2,(H,19,21). The number of nitrogens with one attached hydrogen (secondary N) is 1. The van der Waals surface area contributed by atoms with Crippen molar-refractivity contribution >= 4 is 27.3 Å². The largest absolute Gasteiger partial charge is 0.320 e. The van der Waals surface area contributed by atoms with Gasteiger partial charge in [0.05, 0.1) is 10.6 Å². The Hall–Kier alpha value is -2.55. The lowest BCUT2D eigenvalue weighted by molar-refractivity contribution is -0.115. The van der Waals surface area contributed by atoms with E-state index in [0.29, 0.717) is 0 Å². The molecule has 1 aliphatic rings. The average molecular weight is 356 g/mol. The van der Waals surface area contributed by atoms with Gasteiger partial charge in [-0.3, -0.25) is 9.10 Å². The van der Waals surface area contributed by atoms with Gasteiger partial charge in [0.1, 0.15) is 18.0 Å². The smallest absolute Gasteiger partial charge is 0.264 e. The quantitative estimate of drug-likeness (QED) is 0.920. The van der Waals surface area contributed by atoms with Crippen molar-refractivity contribution in [1.29, 1.82) is 0 Å². The Kier molecular flexibility index (Phi) is 3.96. The van der Waals surface area contributed by atoms with Gasteiger partial charge in [-0.2, -0.15) is 0 Å². The van der Waals surface area contributed by atoms with Crippen LogP contribution in [0.2, 0.25) is 0 Å². The maximum atomic E-state index is 13.8. The Morgan fingerprint density at radius 3 is 2.38 bits per heavy atom. The molecule has 9 heteroatoms. The molecule has 2 aromatic rings. The second-order valence-electron chi connectivity index (χ2n) is 5.06. The van der Waals surface area contributed by atoms with Gasteiger partial charge in [-0.05, 0) is 24.3 Å². The number of carbonyl (C=O) groups excluding carboxylic acids is 1. The van der Waals surface area contributed by atoms with Crippen molar-refractivity contribution < 1.29 is 26.4 Å². The van der Waals surface area contributed by atoms with E-state index in [2.05, 4.69) is 5.32 Å². The number of benzene rings is 2. The molecule has 24 heavy (non-hydrogen) atoms. The molecule has 3 rings (SSSR count). The summed E-state index contributed by atoms with van der Waals surface area (Å²) < 4.78 is 65.2. The first-order valence-electron chi connectivity index (χ1n) is 6.80. The Labute approximate surface area is 135 Å². The molecule has 5 nitrogen and oxygen atoms in total. The molecular formula is C15H11F3N2O3S. The summed E-state index contributed by atoms with van der Waals surface area (Å²) in [6.07, 6.45) is -2.72. The van der Waals surface area contributed by atoms with Crippen LogP contribution in [0, 0.1) is 5.82 Å². The van der Waals surface area contributed by atoms with Crippen molar-refractivity contribution in [2.75, 3.05) is 16.2 Å². The number of fused-ring (bicyclic) bond motifs is 1. The molecule has 1 N–H and O–H groups in total. The number of alkyl halides is 2. The monoisotopic (exact) mass is 356 g/mol. The fourth-order valence-corrected chi connectivity index (χ4v) is 3.80. The Morgan fingerprint density at radius 2 is 1.75 bits per heavy atom. The third-order valence-electron chi connectivity index (χ3n) is 3.53. The molecule has 1 heterocycles. The normalized spacial score (nSPS) is 14.5. The minimum absolute atomic E-state index is 0.0208. The second-order valence-corrected chi connectivity index (χ2v) is 6.93. The van der Waals surface area contributed by atoms with Crippen molar-refractivity contribution in [3.05, 3.63) is 53.8 Å². The molecule has 2 aromatic carbocycles. The van der Waals surface area contributed by atoms with Gasteiger partial charge in [0.15, 0.2) is 0 Å². The highest BCUT2D eigenvalue weighted by Gasteiger charge is 2.33. The number of nitrogens with zero attached hydrogens (tertiary/aromatic N) is 1.